The normalized spacial score (nSPS) is 11.4. The van der Waals surface area contributed by atoms with Crippen molar-refractivity contribution < 1.29 is 0 Å². The minimum absolute atomic E-state index is 0.636. The van der Waals surface area contributed by atoms with E-state index in [1.165, 1.54) is 16.1 Å². The lowest BCUT2D eigenvalue weighted by Gasteiger charge is -2.05. The van der Waals surface area contributed by atoms with Crippen molar-refractivity contribution in [2.45, 2.75) is 13.8 Å². The van der Waals surface area contributed by atoms with Gasteiger partial charge in [0.2, 0.25) is 0 Å². The molecule has 8 nitrogen and oxygen atoms in total. The van der Waals surface area contributed by atoms with Gasteiger partial charge in [0, 0.05) is 5.69 Å². The Hall–Kier alpha value is -2.81. The number of hydrogen-bond acceptors (Lipinski definition) is 7. The SMILES string of the molecule is Cc1ncsc1-c1cc(N)c2c(C)nn(-n3ccnn3)c2n1. The third-order valence-corrected chi connectivity index (χ3v) is 4.36. The highest BCUT2D eigenvalue weighted by Gasteiger charge is 2.17. The smallest absolute Gasteiger partial charge is 0.186 e. The Labute approximate surface area is 129 Å². The monoisotopic (exact) mass is 312 g/mol. The van der Waals surface area contributed by atoms with Crippen LogP contribution in [0.5, 0.6) is 0 Å². The van der Waals surface area contributed by atoms with Crippen LogP contribution in [0.15, 0.2) is 24.0 Å². The Balaban J connectivity index is 2.04. The van der Waals surface area contributed by atoms with Crippen LogP contribution in [0.3, 0.4) is 0 Å². The Bertz CT molecular complexity index is 966. The Morgan fingerprint density at radius 1 is 1.23 bits per heavy atom. The molecule has 4 rings (SSSR count). The summed E-state index contributed by atoms with van der Waals surface area (Å²) in [6, 6.07) is 1.86. The van der Waals surface area contributed by atoms with Gasteiger partial charge < -0.3 is 5.73 Å². The summed E-state index contributed by atoms with van der Waals surface area (Å²) in [7, 11) is 0. The lowest BCUT2D eigenvalue weighted by molar-refractivity contribution is 0.500. The molecule has 0 spiro atoms. The molecule has 110 valence electrons. The van der Waals surface area contributed by atoms with E-state index in [1.54, 1.807) is 22.7 Å². The molecule has 4 aromatic rings. The van der Waals surface area contributed by atoms with Gasteiger partial charge in [0.05, 0.1) is 45.2 Å². The largest absolute Gasteiger partial charge is 0.398 e. The van der Waals surface area contributed by atoms with Gasteiger partial charge >= 0.3 is 0 Å². The Kier molecular flexibility index (Phi) is 2.70. The Morgan fingerprint density at radius 3 is 2.77 bits per heavy atom. The highest BCUT2D eigenvalue weighted by Crippen LogP contribution is 2.31. The lowest BCUT2D eigenvalue weighted by atomic mass is 10.2. The first-order valence-electron chi connectivity index (χ1n) is 6.58. The molecular weight excluding hydrogens is 300 g/mol. The van der Waals surface area contributed by atoms with Gasteiger partial charge in [-0.05, 0) is 25.1 Å². The average molecular weight is 312 g/mol. The van der Waals surface area contributed by atoms with Crippen LogP contribution < -0.4 is 5.73 Å². The summed E-state index contributed by atoms with van der Waals surface area (Å²) in [6.07, 6.45) is 3.29. The van der Waals surface area contributed by atoms with Crippen LogP contribution in [0, 0.1) is 13.8 Å². The van der Waals surface area contributed by atoms with Gasteiger partial charge in [0.15, 0.2) is 5.65 Å². The van der Waals surface area contributed by atoms with E-state index in [4.69, 9.17) is 10.7 Å². The van der Waals surface area contributed by atoms with Crippen molar-refractivity contribution in [3.8, 4) is 10.6 Å². The molecule has 0 bridgehead atoms. The summed E-state index contributed by atoms with van der Waals surface area (Å²) < 4.78 is 0. The summed E-state index contributed by atoms with van der Waals surface area (Å²) in [5, 5.41) is 13.1. The standard InChI is InChI=1S/C13H12N8S/c1-7-11-9(14)5-10(12-8(2)15-6-22-12)17-13(11)21(18-7)20-4-3-16-19-20/h3-6H,1-2H3,(H2,14,17). The van der Waals surface area contributed by atoms with Gasteiger partial charge in [0.25, 0.3) is 0 Å². The number of nitrogens with zero attached hydrogens (tertiary/aromatic N) is 7. The molecule has 0 saturated carbocycles. The van der Waals surface area contributed by atoms with Gasteiger partial charge in [-0.1, -0.05) is 0 Å². The van der Waals surface area contributed by atoms with E-state index in [-0.39, 0.29) is 0 Å². The first-order valence-corrected chi connectivity index (χ1v) is 7.46. The van der Waals surface area contributed by atoms with Gasteiger partial charge in [0.1, 0.15) is 0 Å². The topological polar surface area (TPSA) is 100 Å². The second-order valence-electron chi connectivity index (χ2n) is 4.86. The van der Waals surface area contributed by atoms with Crippen molar-refractivity contribution in [1.82, 2.24) is 35.0 Å². The van der Waals surface area contributed by atoms with E-state index in [2.05, 4.69) is 20.4 Å². The number of nitrogen functional groups attached to an aromatic ring is 1. The molecule has 0 amide bonds. The predicted molar refractivity (Wildman–Crippen MR) is 83.3 cm³/mol. The number of aromatic nitrogens is 7. The van der Waals surface area contributed by atoms with E-state index < -0.39 is 0 Å². The quantitative estimate of drug-likeness (QED) is 0.604. The molecule has 0 aliphatic rings. The van der Waals surface area contributed by atoms with Crippen molar-refractivity contribution in [1.29, 1.82) is 0 Å². The number of rotatable bonds is 2. The van der Waals surface area contributed by atoms with Crippen LogP contribution in [0.1, 0.15) is 11.4 Å². The number of fused-ring (bicyclic) bond motifs is 1. The maximum atomic E-state index is 6.23. The molecule has 9 heteroatoms. The zero-order chi connectivity index (χ0) is 15.3. The van der Waals surface area contributed by atoms with Crippen LogP contribution in [-0.4, -0.2) is 35.0 Å². The number of nitrogens with two attached hydrogens (primary N) is 1. The third-order valence-electron chi connectivity index (χ3n) is 3.41. The van der Waals surface area contributed by atoms with E-state index in [0.29, 0.717) is 11.3 Å². The average Bonchev–Trinajstić information content (AvgIpc) is 3.18. The summed E-state index contributed by atoms with van der Waals surface area (Å²) in [4.78, 5) is 13.1. The molecule has 22 heavy (non-hydrogen) atoms. The second-order valence-corrected chi connectivity index (χ2v) is 5.72. The lowest BCUT2D eigenvalue weighted by Crippen LogP contribution is -2.12. The van der Waals surface area contributed by atoms with Crippen molar-refractivity contribution in [2.75, 3.05) is 5.73 Å². The summed E-state index contributed by atoms with van der Waals surface area (Å²) in [5.74, 6) is 0. The van der Waals surface area contributed by atoms with Crippen molar-refractivity contribution in [3.05, 3.63) is 35.4 Å². The summed E-state index contributed by atoms with van der Waals surface area (Å²) in [6.45, 7) is 3.85. The van der Waals surface area contributed by atoms with Crippen molar-refractivity contribution >= 4 is 28.1 Å². The van der Waals surface area contributed by atoms with Crippen LogP contribution in [0.25, 0.3) is 21.6 Å². The number of aryl methyl sites for hydroxylation is 2. The van der Waals surface area contributed by atoms with Crippen LogP contribution in [-0.2, 0) is 0 Å². The maximum absolute atomic E-state index is 6.23. The van der Waals surface area contributed by atoms with Crippen LogP contribution in [0.2, 0.25) is 0 Å². The number of hydrogen-bond donors (Lipinski definition) is 1. The zero-order valence-corrected chi connectivity index (χ0v) is 12.7. The second kappa shape index (κ2) is 4.60. The number of anilines is 1. The highest BCUT2D eigenvalue weighted by atomic mass is 32.1. The summed E-state index contributed by atoms with van der Waals surface area (Å²) in [5.41, 5.74) is 11.8. The zero-order valence-electron chi connectivity index (χ0n) is 11.9. The fourth-order valence-corrected chi connectivity index (χ4v) is 3.18. The number of thiazole rings is 1. The van der Waals surface area contributed by atoms with Crippen molar-refractivity contribution in [2.24, 2.45) is 0 Å². The first kappa shape index (κ1) is 12.9. The molecule has 4 aromatic heterocycles. The summed E-state index contributed by atoms with van der Waals surface area (Å²) >= 11 is 1.54. The molecule has 0 aliphatic carbocycles. The maximum Gasteiger partial charge on any atom is 0.186 e. The van der Waals surface area contributed by atoms with Crippen LogP contribution >= 0.6 is 11.3 Å². The molecule has 0 saturated heterocycles. The fourth-order valence-electron chi connectivity index (χ4n) is 2.42. The minimum atomic E-state index is 0.636. The molecule has 0 aliphatic heterocycles. The molecule has 4 heterocycles. The minimum Gasteiger partial charge on any atom is -0.398 e. The van der Waals surface area contributed by atoms with E-state index >= 15 is 0 Å². The van der Waals surface area contributed by atoms with E-state index in [1.807, 2.05) is 19.9 Å². The van der Waals surface area contributed by atoms with Gasteiger partial charge in [-0.15, -0.1) is 26.0 Å². The fraction of sp³-hybridized carbons (Fsp3) is 0.154. The molecule has 0 fully saturated rings. The van der Waals surface area contributed by atoms with Gasteiger partial charge in [-0.3, -0.25) is 0 Å². The van der Waals surface area contributed by atoms with Gasteiger partial charge in [-0.2, -0.15) is 5.10 Å². The van der Waals surface area contributed by atoms with E-state index in [9.17, 15) is 0 Å². The molecule has 0 unspecified atom stereocenters. The molecule has 0 radical (unpaired) electrons. The molecule has 0 atom stereocenters. The molecular formula is C13H12N8S. The predicted octanol–water partition coefficient (Wildman–Crippen LogP) is 1.66. The molecule has 0 aromatic carbocycles. The van der Waals surface area contributed by atoms with Crippen LogP contribution in [0.4, 0.5) is 5.69 Å². The Morgan fingerprint density at radius 2 is 2.09 bits per heavy atom. The third kappa shape index (κ3) is 1.79. The van der Waals surface area contributed by atoms with E-state index in [0.717, 1.165) is 27.3 Å². The molecule has 2 N–H and O–H groups in total. The van der Waals surface area contributed by atoms with Gasteiger partial charge in [-0.25, -0.2) is 9.97 Å². The number of pyridine rings is 1. The van der Waals surface area contributed by atoms with Crippen molar-refractivity contribution in [3.63, 3.8) is 0 Å². The first-order chi connectivity index (χ1) is 10.6. The highest BCUT2D eigenvalue weighted by molar-refractivity contribution is 7.13.